The van der Waals surface area contributed by atoms with Crippen LogP contribution in [-0.4, -0.2) is 23.0 Å². The van der Waals surface area contributed by atoms with E-state index in [1.807, 2.05) is 6.92 Å². The van der Waals surface area contributed by atoms with Crippen LogP contribution in [0.4, 0.5) is 5.69 Å². The first kappa shape index (κ1) is 15.5. The molecule has 2 unspecified atom stereocenters. The summed E-state index contributed by atoms with van der Waals surface area (Å²) in [6.45, 7) is 3.66. The monoisotopic (exact) mass is 328 g/mol. The van der Waals surface area contributed by atoms with E-state index < -0.39 is 17.9 Å². The van der Waals surface area contributed by atoms with Gasteiger partial charge in [-0.1, -0.05) is 20.3 Å². The van der Waals surface area contributed by atoms with E-state index in [1.165, 1.54) is 6.07 Å². The molecule has 6 heteroatoms. The molecule has 104 valence electrons. The minimum atomic E-state index is -1.04. The molecule has 0 saturated carbocycles. The molecule has 1 aromatic carbocycles. The summed E-state index contributed by atoms with van der Waals surface area (Å²) in [5.74, 6) is -1.64. The number of halogens is 1. The molecule has 0 aliphatic rings. The largest absolute Gasteiger partial charge is 0.480 e. The summed E-state index contributed by atoms with van der Waals surface area (Å²) in [6.07, 6.45) is 0.662. The molecule has 0 spiro atoms. The predicted molar refractivity (Wildman–Crippen MR) is 76.9 cm³/mol. The number of rotatable bonds is 5. The van der Waals surface area contributed by atoms with Gasteiger partial charge in [0.15, 0.2) is 0 Å². The maximum Gasteiger partial charge on any atom is 0.326 e. The van der Waals surface area contributed by atoms with E-state index in [0.29, 0.717) is 22.1 Å². The number of aliphatic carboxylic acids is 1. The van der Waals surface area contributed by atoms with Gasteiger partial charge in [0, 0.05) is 10.2 Å². The van der Waals surface area contributed by atoms with Crippen molar-refractivity contribution in [1.29, 1.82) is 0 Å². The maximum absolute atomic E-state index is 12.1. The predicted octanol–water partition coefficient (Wildman–Crippen LogP) is 2.26. The van der Waals surface area contributed by atoms with Crippen molar-refractivity contribution >= 4 is 33.5 Å². The number of carboxylic acid groups (broad SMARTS) is 1. The van der Waals surface area contributed by atoms with E-state index in [4.69, 9.17) is 10.8 Å². The molecular formula is C13H17BrN2O3. The van der Waals surface area contributed by atoms with Gasteiger partial charge in [-0.15, -0.1) is 0 Å². The molecule has 4 N–H and O–H groups in total. The molecule has 5 nitrogen and oxygen atoms in total. The summed E-state index contributed by atoms with van der Waals surface area (Å²) in [7, 11) is 0. The lowest BCUT2D eigenvalue weighted by molar-refractivity contribution is -0.140. The first-order chi connectivity index (χ1) is 8.86. The van der Waals surface area contributed by atoms with Crippen molar-refractivity contribution in [2.24, 2.45) is 5.92 Å². The van der Waals surface area contributed by atoms with E-state index in [2.05, 4.69) is 21.2 Å². The molecule has 2 atom stereocenters. The summed E-state index contributed by atoms with van der Waals surface area (Å²) in [5.41, 5.74) is 6.40. The molecule has 1 amide bonds. The minimum absolute atomic E-state index is 0.152. The molecule has 0 aliphatic heterocycles. The molecule has 19 heavy (non-hydrogen) atoms. The van der Waals surface area contributed by atoms with Gasteiger partial charge in [-0.3, -0.25) is 4.79 Å². The molecular weight excluding hydrogens is 312 g/mol. The average Bonchev–Trinajstić information content (AvgIpc) is 2.37. The number of carboxylic acids is 1. The molecule has 0 fully saturated rings. The lowest BCUT2D eigenvalue weighted by Gasteiger charge is -2.20. The van der Waals surface area contributed by atoms with Crippen molar-refractivity contribution in [2.45, 2.75) is 26.3 Å². The number of nitrogen functional groups attached to an aromatic ring is 1. The second-order valence-electron chi connectivity index (χ2n) is 4.41. The van der Waals surface area contributed by atoms with Crippen LogP contribution in [0.2, 0.25) is 0 Å². The topological polar surface area (TPSA) is 92.4 Å². The SMILES string of the molecule is CCC(C)C(NC(=O)c1cc(N)ccc1Br)C(=O)O. The van der Waals surface area contributed by atoms with Crippen molar-refractivity contribution in [3.8, 4) is 0 Å². The second kappa shape index (κ2) is 6.56. The van der Waals surface area contributed by atoms with Gasteiger partial charge in [-0.25, -0.2) is 4.79 Å². The van der Waals surface area contributed by atoms with Crippen LogP contribution in [-0.2, 0) is 4.79 Å². The van der Waals surface area contributed by atoms with Gasteiger partial charge >= 0.3 is 5.97 Å². The molecule has 0 heterocycles. The zero-order chi connectivity index (χ0) is 14.6. The smallest absolute Gasteiger partial charge is 0.326 e. The fourth-order valence-corrected chi connectivity index (χ4v) is 2.05. The Bertz CT molecular complexity index is 491. The Kier molecular flexibility index (Phi) is 5.35. The van der Waals surface area contributed by atoms with Gasteiger partial charge < -0.3 is 16.2 Å². The summed E-state index contributed by atoms with van der Waals surface area (Å²) < 4.78 is 0.576. The fraction of sp³-hybridized carbons (Fsp3) is 0.385. The van der Waals surface area contributed by atoms with Crippen LogP contribution in [0, 0.1) is 5.92 Å². The van der Waals surface area contributed by atoms with Crippen LogP contribution < -0.4 is 11.1 Å². The highest BCUT2D eigenvalue weighted by molar-refractivity contribution is 9.10. The molecule has 0 saturated heterocycles. The van der Waals surface area contributed by atoms with Crippen LogP contribution in [0.15, 0.2) is 22.7 Å². The normalized spacial score (nSPS) is 13.6. The summed E-state index contributed by atoms with van der Waals surface area (Å²) in [6, 6.07) is 3.91. The summed E-state index contributed by atoms with van der Waals surface area (Å²) in [5, 5.41) is 11.7. The molecule has 1 rings (SSSR count). The lowest BCUT2D eigenvalue weighted by atomic mass is 9.99. The van der Waals surface area contributed by atoms with E-state index in [-0.39, 0.29) is 5.92 Å². The first-order valence-corrected chi connectivity index (χ1v) is 6.74. The van der Waals surface area contributed by atoms with E-state index >= 15 is 0 Å². The van der Waals surface area contributed by atoms with Gasteiger partial charge in [0.2, 0.25) is 0 Å². The fourth-order valence-electron chi connectivity index (χ4n) is 1.62. The Labute approximate surface area is 120 Å². The Morgan fingerprint density at radius 2 is 2.11 bits per heavy atom. The van der Waals surface area contributed by atoms with Crippen molar-refractivity contribution in [2.75, 3.05) is 5.73 Å². The number of carbonyl (C=O) groups excluding carboxylic acids is 1. The third-order valence-corrected chi connectivity index (χ3v) is 3.69. The molecule has 0 radical (unpaired) electrons. The number of anilines is 1. The summed E-state index contributed by atoms with van der Waals surface area (Å²) in [4.78, 5) is 23.3. The molecule has 1 aromatic rings. The summed E-state index contributed by atoms with van der Waals surface area (Å²) >= 11 is 3.25. The maximum atomic E-state index is 12.1. The number of amides is 1. The minimum Gasteiger partial charge on any atom is -0.480 e. The highest BCUT2D eigenvalue weighted by Gasteiger charge is 2.26. The van der Waals surface area contributed by atoms with Crippen molar-refractivity contribution < 1.29 is 14.7 Å². The van der Waals surface area contributed by atoms with Gasteiger partial charge in [0.1, 0.15) is 6.04 Å². The highest BCUT2D eigenvalue weighted by Crippen LogP contribution is 2.20. The quantitative estimate of drug-likeness (QED) is 0.723. The Hall–Kier alpha value is -1.56. The van der Waals surface area contributed by atoms with Crippen molar-refractivity contribution in [1.82, 2.24) is 5.32 Å². The Morgan fingerprint density at radius 1 is 1.47 bits per heavy atom. The lowest BCUT2D eigenvalue weighted by Crippen LogP contribution is -2.45. The standard InChI is InChI=1S/C13H17BrN2O3/c1-3-7(2)11(13(18)19)16-12(17)9-6-8(15)4-5-10(9)14/h4-7,11H,3,15H2,1-2H3,(H,16,17)(H,18,19). The number of nitrogens with one attached hydrogen (secondary N) is 1. The molecule has 0 aromatic heterocycles. The Balaban J connectivity index is 2.94. The van der Waals surface area contributed by atoms with E-state index in [1.54, 1.807) is 19.1 Å². The third kappa shape index (κ3) is 3.96. The Morgan fingerprint density at radius 3 is 2.63 bits per heavy atom. The molecule has 0 bridgehead atoms. The van der Waals surface area contributed by atoms with Crippen LogP contribution in [0.3, 0.4) is 0 Å². The zero-order valence-corrected chi connectivity index (χ0v) is 12.4. The number of nitrogens with two attached hydrogens (primary N) is 1. The zero-order valence-electron chi connectivity index (χ0n) is 10.8. The van der Waals surface area contributed by atoms with E-state index in [0.717, 1.165) is 0 Å². The van der Waals surface area contributed by atoms with Crippen LogP contribution >= 0.6 is 15.9 Å². The van der Waals surface area contributed by atoms with Crippen molar-refractivity contribution in [3.05, 3.63) is 28.2 Å². The average molecular weight is 329 g/mol. The first-order valence-electron chi connectivity index (χ1n) is 5.95. The van der Waals surface area contributed by atoms with Crippen LogP contribution in [0.1, 0.15) is 30.6 Å². The number of hydrogen-bond donors (Lipinski definition) is 3. The van der Waals surface area contributed by atoms with Gasteiger partial charge in [0.25, 0.3) is 5.91 Å². The van der Waals surface area contributed by atoms with E-state index in [9.17, 15) is 9.59 Å². The third-order valence-electron chi connectivity index (χ3n) is 3.00. The van der Waals surface area contributed by atoms with Crippen molar-refractivity contribution in [3.63, 3.8) is 0 Å². The number of benzene rings is 1. The van der Waals surface area contributed by atoms with Gasteiger partial charge in [-0.05, 0) is 40.0 Å². The number of carbonyl (C=O) groups is 2. The second-order valence-corrected chi connectivity index (χ2v) is 5.27. The highest BCUT2D eigenvalue weighted by atomic mass is 79.9. The van der Waals surface area contributed by atoms with Gasteiger partial charge in [-0.2, -0.15) is 0 Å². The number of hydrogen-bond acceptors (Lipinski definition) is 3. The van der Waals surface area contributed by atoms with Crippen LogP contribution in [0.25, 0.3) is 0 Å². The van der Waals surface area contributed by atoms with Crippen LogP contribution in [0.5, 0.6) is 0 Å². The van der Waals surface area contributed by atoms with Gasteiger partial charge in [0.05, 0.1) is 5.56 Å². The molecule has 0 aliphatic carbocycles.